The zero-order valence-electron chi connectivity index (χ0n) is 14.2. The van der Waals surface area contributed by atoms with E-state index >= 15 is 0 Å². The summed E-state index contributed by atoms with van der Waals surface area (Å²) in [5, 5.41) is 20.2. The second-order valence-corrected chi connectivity index (χ2v) is 6.46. The third kappa shape index (κ3) is 4.92. The van der Waals surface area contributed by atoms with Crippen LogP contribution in [-0.4, -0.2) is 82.5 Å². The SMILES string of the molecule is CN(C)CC(=O)N1CCC[C@@]1(C)C(=O)N[C@@H](CCC(=O)O)C(=O)O. The van der Waals surface area contributed by atoms with Crippen molar-refractivity contribution in [2.24, 2.45) is 0 Å². The first-order valence-electron chi connectivity index (χ1n) is 7.78. The van der Waals surface area contributed by atoms with E-state index in [-0.39, 0.29) is 25.3 Å². The van der Waals surface area contributed by atoms with Crippen molar-refractivity contribution in [1.82, 2.24) is 15.1 Å². The van der Waals surface area contributed by atoms with Gasteiger partial charge >= 0.3 is 11.9 Å². The molecule has 0 radical (unpaired) electrons. The average Bonchev–Trinajstić information content (AvgIpc) is 2.85. The standard InChI is InChI=1S/C15H25N3O6/c1-15(7-4-8-18(15)11(19)9-17(2)3)14(24)16-10(13(22)23)5-6-12(20)21/h10H,4-9H2,1-3H3,(H,16,24)(H,20,21)(H,22,23)/t10-,15-/m0/s1. The van der Waals surface area contributed by atoms with Crippen LogP contribution >= 0.6 is 0 Å². The number of likely N-dealkylation sites (tertiary alicyclic amines) is 1. The van der Waals surface area contributed by atoms with Crippen molar-refractivity contribution < 1.29 is 29.4 Å². The van der Waals surface area contributed by atoms with Crippen molar-refractivity contribution in [1.29, 1.82) is 0 Å². The molecule has 0 aromatic heterocycles. The molecule has 0 bridgehead atoms. The predicted molar refractivity (Wildman–Crippen MR) is 84.3 cm³/mol. The predicted octanol–water partition coefficient (Wildman–Crippen LogP) is -0.637. The van der Waals surface area contributed by atoms with Gasteiger partial charge in [0.2, 0.25) is 11.8 Å². The first-order valence-corrected chi connectivity index (χ1v) is 7.78. The third-order valence-corrected chi connectivity index (χ3v) is 4.13. The highest BCUT2D eigenvalue weighted by atomic mass is 16.4. The van der Waals surface area contributed by atoms with E-state index < -0.39 is 29.4 Å². The number of nitrogens with zero attached hydrogens (tertiary/aromatic N) is 2. The van der Waals surface area contributed by atoms with Crippen LogP contribution in [-0.2, 0) is 19.2 Å². The summed E-state index contributed by atoms with van der Waals surface area (Å²) in [6.45, 7) is 2.20. The summed E-state index contributed by atoms with van der Waals surface area (Å²) in [5.41, 5.74) is -1.12. The van der Waals surface area contributed by atoms with Crippen LogP contribution in [0.3, 0.4) is 0 Å². The Kier molecular flexibility index (Phi) is 6.70. The fourth-order valence-corrected chi connectivity index (χ4v) is 2.79. The van der Waals surface area contributed by atoms with Crippen molar-refractivity contribution in [3.8, 4) is 0 Å². The Labute approximate surface area is 140 Å². The number of nitrogens with one attached hydrogen (secondary N) is 1. The fourth-order valence-electron chi connectivity index (χ4n) is 2.79. The van der Waals surface area contributed by atoms with Gasteiger partial charge in [-0.25, -0.2) is 4.79 Å². The lowest BCUT2D eigenvalue weighted by atomic mass is 9.96. The van der Waals surface area contributed by atoms with Crippen LogP contribution in [0.5, 0.6) is 0 Å². The van der Waals surface area contributed by atoms with E-state index in [4.69, 9.17) is 10.2 Å². The molecule has 1 aliphatic heterocycles. The highest BCUT2D eigenvalue weighted by molar-refractivity contribution is 5.94. The molecular weight excluding hydrogens is 318 g/mol. The number of hydrogen-bond donors (Lipinski definition) is 3. The number of carboxylic acid groups (broad SMARTS) is 2. The molecule has 0 saturated carbocycles. The quantitative estimate of drug-likeness (QED) is 0.535. The van der Waals surface area contributed by atoms with Gasteiger partial charge in [0, 0.05) is 13.0 Å². The second-order valence-electron chi connectivity index (χ2n) is 6.46. The summed E-state index contributed by atoms with van der Waals surface area (Å²) < 4.78 is 0. The van der Waals surface area contributed by atoms with Gasteiger partial charge in [0.05, 0.1) is 6.54 Å². The van der Waals surface area contributed by atoms with Crippen molar-refractivity contribution in [2.75, 3.05) is 27.2 Å². The van der Waals surface area contributed by atoms with Gasteiger partial charge in [-0.1, -0.05) is 0 Å². The first-order chi connectivity index (χ1) is 11.1. The molecule has 0 aliphatic carbocycles. The van der Waals surface area contributed by atoms with Gasteiger partial charge < -0.3 is 25.3 Å². The van der Waals surface area contributed by atoms with Gasteiger partial charge in [-0.15, -0.1) is 0 Å². The third-order valence-electron chi connectivity index (χ3n) is 4.13. The number of carboxylic acids is 2. The van der Waals surface area contributed by atoms with Gasteiger partial charge in [0.25, 0.3) is 0 Å². The van der Waals surface area contributed by atoms with Crippen LogP contribution in [0.2, 0.25) is 0 Å². The van der Waals surface area contributed by atoms with Crippen LogP contribution in [0.25, 0.3) is 0 Å². The molecule has 1 fully saturated rings. The molecule has 3 N–H and O–H groups in total. The Morgan fingerprint density at radius 2 is 1.88 bits per heavy atom. The number of aliphatic carboxylic acids is 2. The van der Waals surface area contributed by atoms with Crippen molar-refractivity contribution in [2.45, 2.75) is 44.2 Å². The normalized spacial score (nSPS) is 21.6. The van der Waals surface area contributed by atoms with Crippen molar-refractivity contribution in [3.63, 3.8) is 0 Å². The number of carbonyl (C=O) groups excluding carboxylic acids is 2. The van der Waals surface area contributed by atoms with Gasteiger partial charge in [-0.3, -0.25) is 14.4 Å². The largest absolute Gasteiger partial charge is 0.481 e. The van der Waals surface area contributed by atoms with Crippen molar-refractivity contribution in [3.05, 3.63) is 0 Å². The molecule has 1 saturated heterocycles. The molecule has 1 rings (SSSR count). The molecule has 9 heteroatoms. The molecule has 0 aromatic rings. The van der Waals surface area contributed by atoms with E-state index in [9.17, 15) is 19.2 Å². The van der Waals surface area contributed by atoms with Crippen LogP contribution in [0, 0.1) is 0 Å². The highest BCUT2D eigenvalue weighted by Crippen LogP contribution is 2.29. The number of rotatable bonds is 8. The molecule has 1 aliphatic rings. The van der Waals surface area contributed by atoms with E-state index in [0.717, 1.165) is 0 Å². The molecule has 136 valence electrons. The van der Waals surface area contributed by atoms with Crippen LogP contribution < -0.4 is 5.32 Å². The molecule has 24 heavy (non-hydrogen) atoms. The van der Waals surface area contributed by atoms with Gasteiger partial charge in [0.1, 0.15) is 11.6 Å². The maximum Gasteiger partial charge on any atom is 0.326 e. The number of hydrogen-bond acceptors (Lipinski definition) is 5. The lowest BCUT2D eigenvalue weighted by Crippen LogP contribution is -2.59. The molecular formula is C15H25N3O6. The molecule has 9 nitrogen and oxygen atoms in total. The minimum absolute atomic E-state index is 0.157. The zero-order chi connectivity index (χ0) is 18.5. The lowest BCUT2D eigenvalue weighted by Gasteiger charge is -2.35. The van der Waals surface area contributed by atoms with Crippen molar-refractivity contribution >= 4 is 23.8 Å². The maximum atomic E-state index is 12.6. The summed E-state index contributed by atoms with van der Waals surface area (Å²) >= 11 is 0. The Morgan fingerprint density at radius 1 is 1.25 bits per heavy atom. The van der Waals surface area contributed by atoms with E-state index in [1.54, 1.807) is 25.9 Å². The summed E-state index contributed by atoms with van der Waals surface area (Å²) in [6.07, 6.45) is 0.509. The van der Waals surface area contributed by atoms with Crippen LogP contribution in [0.4, 0.5) is 0 Å². The Hall–Kier alpha value is -2.16. The maximum absolute atomic E-state index is 12.6. The summed E-state index contributed by atoms with van der Waals surface area (Å²) in [4.78, 5) is 49.9. The topological polar surface area (TPSA) is 127 Å². The second kappa shape index (κ2) is 8.09. The fraction of sp³-hybridized carbons (Fsp3) is 0.733. The summed E-state index contributed by atoms with van der Waals surface area (Å²) in [5.74, 6) is -3.19. The summed E-state index contributed by atoms with van der Waals surface area (Å²) in [6, 6.07) is -1.29. The number of carbonyl (C=O) groups is 4. The molecule has 0 spiro atoms. The summed E-state index contributed by atoms with van der Waals surface area (Å²) in [7, 11) is 3.50. The Balaban J connectivity index is 2.83. The lowest BCUT2D eigenvalue weighted by molar-refractivity contribution is -0.148. The highest BCUT2D eigenvalue weighted by Gasteiger charge is 2.46. The minimum atomic E-state index is -1.29. The smallest absolute Gasteiger partial charge is 0.326 e. The van der Waals surface area contributed by atoms with Gasteiger partial charge in [-0.2, -0.15) is 0 Å². The van der Waals surface area contributed by atoms with Crippen LogP contribution in [0.15, 0.2) is 0 Å². The number of likely N-dealkylation sites (N-methyl/N-ethyl adjacent to an activating group) is 1. The zero-order valence-corrected chi connectivity index (χ0v) is 14.2. The van der Waals surface area contributed by atoms with E-state index in [1.807, 2.05) is 0 Å². The number of amides is 2. The molecule has 1 heterocycles. The molecule has 0 aromatic carbocycles. The monoisotopic (exact) mass is 343 g/mol. The van der Waals surface area contributed by atoms with E-state index in [0.29, 0.717) is 19.4 Å². The van der Waals surface area contributed by atoms with Gasteiger partial charge in [-0.05, 0) is 40.3 Å². The Morgan fingerprint density at radius 3 is 2.38 bits per heavy atom. The van der Waals surface area contributed by atoms with Crippen LogP contribution in [0.1, 0.15) is 32.6 Å². The average molecular weight is 343 g/mol. The van der Waals surface area contributed by atoms with Gasteiger partial charge in [0.15, 0.2) is 0 Å². The van der Waals surface area contributed by atoms with E-state index in [2.05, 4.69) is 5.32 Å². The Bertz CT molecular complexity index is 521. The molecule has 2 amide bonds. The first kappa shape index (κ1) is 19.9. The molecule has 2 atom stereocenters. The molecule has 0 unspecified atom stereocenters. The minimum Gasteiger partial charge on any atom is -0.481 e. The van der Waals surface area contributed by atoms with E-state index in [1.165, 1.54) is 4.90 Å².